The van der Waals surface area contributed by atoms with E-state index >= 15 is 0 Å². The van der Waals surface area contributed by atoms with Gasteiger partial charge in [-0.1, -0.05) is 31.9 Å². The predicted octanol–water partition coefficient (Wildman–Crippen LogP) is 4.31. The fraction of sp³-hybridized carbons (Fsp3) is 0.647. The lowest BCUT2D eigenvalue weighted by molar-refractivity contribution is 0.242. The van der Waals surface area contributed by atoms with Gasteiger partial charge in [0.15, 0.2) is 0 Å². The normalized spacial score (nSPS) is 17.9. The van der Waals surface area contributed by atoms with E-state index in [1.54, 1.807) is 0 Å². The smallest absolute Gasteiger partial charge is 0.119 e. The molecule has 19 heavy (non-hydrogen) atoms. The highest BCUT2D eigenvalue weighted by molar-refractivity contribution is 5.29. The van der Waals surface area contributed by atoms with E-state index < -0.39 is 0 Å². The molecule has 2 nitrogen and oxygen atoms in total. The van der Waals surface area contributed by atoms with E-state index in [0.29, 0.717) is 6.04 Å². The second-order valence-electron chi connectivity index (χ2n) is 5.82. The fourth-order valence-electron chi connectivity index (χ4n) is 3.09. The molecule has 1 saturated carbocycles. The van der Waals surface area contributed by atoms with Crippen molar-refractivity contribution in [3.63, 3.8) is 0 Å². The third kappa shape index (κ3) is 3.97. The molecule has 1 N–H and O–H groups in total. The number of benzene rings is 1. The maximum Gasteiger partial charge on any atom is 0.119 e. The van der Waals surface area contributed by atoms with Crippen LogP contribution in [-0.2, 0) is 0 Å². The third-order valence-electron chi connectivity index (χ3n) is 3.91. The lowest BCUT2D eigenvalue weighted by Gasteiger charge is -2.25. The zero-order chi connectivity index (χ0) is 13.7. The first-order valence-electron chi connectivity index (χ1n) is 7.70. The Morgan fingerprint density at radius 2 is 1.79 bits per heavy atom. The quantitative estimate of drug-likeness (QED) is 0.823. The van der Waals surface area contributed by atoms with Gasteiger partial charge in [0.25, 0.3) is 0 Å². The topological polar surface area (TPSA) is 21.3 Å². The summed E-state index contributed by atoms with van der Waals surface area (Å²) >= 11 is 0. The summed E-state index contributed by atoms with van der Waals surface area (Å²) in [5, 5.41) is 3.66. The van der Waals surface area contributed by atoms with Gasteiger partial charge < -0.3 is 10.1 Å². The summed E-state index contributed by atoms with van der Waals surface area (Å²) in [5.41, 5.74) is 1.41. The average molecular weight is 261 g/mol. The molecule has 2 rings (SSSR count). The molecule has 0 amide bonds. The molecular formula is C17H27NO. The summed E-state index contributed by atoms with van der Waals surface area (Å²) in [6.07, 6.45) is 5.75. The highest BCUT2D eigenvalue weighted by Crippen LogP contribution is 2.36. The van der Waals surface area contributed by atoms with Crippen LogP contribution in [0.5, 0.6) is 5.75 Å². The number of ether oxygens (including phenoxy) is 1. The van der Waals surface area contributed by atoms with Crippen LogP contribution >= 0.6 is 0 Å². The number of hydrogen-bond acceptors (Lipinski definition) is 2. The van der Waals surface area contributed by atoms with Crippen LogP contribution in [0, 0.1) is 5.92 Å². The summed E-state index contributed by atoms with van der Waals surface area (Å²) in [6.45, 7) is 7.35. The molecule has 0 saturated heterocycles. The number of rotatable bonds is 6. The molecule has 1 aromatic rings. The van der Waals surface area contributed by atoms with Crippen molar-refractivity contribution in [3.8, 4) is 5.75 Å². The van der Waals surface area contributed by atoms with Crippen LogP contribution in [0.15, 0.2) is 24.3 Å². The van der Waals surface area contributed by atoms with Gasteiger partial charge in [0.05, 0.1) is 6.10 Å². The van der Waals surface area contributed by atoms with E-state index in [1.807, 2.05) is 0 Å². The summed E-state index contributed by atoms with van der Waals surface area (Å²) in [7, 11) is 0. The van der Waals surface area contributed by atoms with Gasteiger partial charge in [-0.25, -0.2) is 0 Å². The first kappa shape index (κ1) is 14.4. The van der Waals surface area contributed by atoms with Gasteiger partial charge in [0, 0.05) is 6.04 Å². The minimum atomic E-state index is 0.241. The predicted molar refractivity (Wildman–Crippen MR) is 80.6 cm³/mol. The van der Waals surface area contributed by atoms with Gasteiger partial charge in [-0.3, -0.25) is 0 Å². The summed E-state index contributed by atoms with van der Waals surface area (Å²) < 4.78 is 5.71. The molecule has 106 valence electrons. The van der Waals surface area contributed by atoms with Crippen molar-refractivity contribution in [3.05, 3.63) is 29.8 Å². The summed E-state index contributed by atoms with van der Waals surface area (Å²) in [4.78, 5) is 0. The van der Waals surface area contributed by atoms with Crippen LogP contribution in [0.3, 0.4) is 0 Å². The van der Waals surface area contributed by atoms with E-state index in [9.17, 15) is 0 Å². The first-order valence-corrected chi connectivity index (χ1v) is 7.70. The summed E-state index contributed by atoms with van der Waals surface area (Å²) in [6, 6.07) is 9.18. The molecular weight excluding hydrogens is 234 g/mol. The molecule has 1 aromatic carbocycles. The molecule has 2 heteroatoms. The number of nitrogens with one attached hydrogen (secondary N) is 1. The van der Waals surface area contributed by atoms with Crippen molar-refractivity contribution in [2.45, 2.75) is 58.6 Å². The van der Waals surface area contributed by atoms with E-state index in [2.05, 4.69) is 50.4 Å². The Morgan fingerprint density at radius 1 is 1.16 bits per heavy atom. The van der Waals surface area contributed by atoms with Crippen LogP contribution in [0.2, 0.25) is 0 Å². The Kier molecular flexibility index (Phi) is 5.26. The van der Waals surface area contributed by atoms with Crippen LogP contribution in [0.4, 0.5) is 0 Å². The van der Waals surface area contributed by atoms with Crippen LogP contribution < -0.4 is 10.1 Å². The van der Waals surface area contributed by atoms with Gasteiger partial charge in [-0.15, -0.1) is 0 Å². The highest BCUT2D eigenvalue weighted by atomic mass is 16.5. The molecule has 0 heterocycles. The average Bonchev–Trinajstić information content (AvgIpc) is 2.90. The van der Waals surface area contributed by atoms with Crippen molar-refractivity contribution in [2.24, 2.45) is 5.92 Å². The standard InChI is InChI=1S/C17H27NO/c1-4-18-17(14-7-5-6-8-14)15-9-11-16(12-10-15)19-13(2)3/h9-14,17-18H,4-8H2,1-3H3. The van der Waals surface area contributed by atoms with E-state index in [-0.39, 0.29) is 6.10 Å². The Bertz CT molecular complexity index is 365. The van der Waals surface area contributed by atoms with E-state index in [0.717, 1.165) is 18.2 Å². The van der Waals surface area contributed by atoms with Crippen molar-refractivity contribution in [1.29, 1.82) is 0 Å². The molecule has 0 radical (unpaired) electrons. The van der Waals surface area contributed by atoms with Crippen LogP contribution in [0.1, 0.15) is 58.1 Å². The Hall–Kier alpha value is -1.02. The lowest BCUT2D eigenvalue weighted by atomic mass is 9.91. The van der Waals surface area contributed by atoms with Crippen molar-refractivity contribution < 1.29 is 4.74 Å². The monoisotopic (exact) mass is 261 g/mol. The highest BCUT2D eigenvalue weighted by Gasteiger charge is 2.25. The molecule has 1 unspecified atom stereocenters. The maximum absolute atomic E-state index is 5.71. The molecule has 0 aromatic heterocycles. The zero-order valence-electron chi connectivity index (χ0n) is 12.5. The van der Waals surface area contributed by atoms with E-state index in [4.69, 9.17) is 4.74 Å². The second-order valence-corrected chi connectivity index (χ2v) is 5.82. The fourth-order valence-corrected chi connectivity index (χ4v) is 3.09. The zero-order valence-corrected chi connectivity index (χ0v) is 12.5. The van der Waals surface area contributed by atoms with Gasteiger partial charge >= 0.3 is 0 Å². The maximum atomic E-state index is 5.71. The minimum Gasteiger partial charge on any atom is -0.491 e. The molecule has 0 spiro atoms. The van der Waals surface area contributed by atoms with Crippen molar-refractivity contribution in [1.82, 2.24) is 5.32 Å². The molecule has 0 bridgehead atoms. The SMILES string of the molecule is CCNC(c1ccc(OC(C)C)cc1)C1CCCC1. The minimum absolute atomic E-state index is 0.241. The van der Waals surface area contributed by atoms with Gasteiger partial charge in [-0.2, -0.15) is 0 Å². The Morgan fingerprint density at radius 3 is 2.32 bits per heavy atom. The van der Waals surface area contributed by atoms with Crippen LogP contribution in [0.25, 0.3) is 0 Å². The Balaban J connectivity index is 2.08. The van der Waals surface area contributed by atoms with Gasteiger partial charge in [0.1, 0.15) is 5.75 Å². The Labute approximate surface area is 117 Å². The number of hydrogen-bond donors (Lipinski definition) is 1. The molecule has 0 aliphatic heterocycles. The van der Waals surface area contributed by atoms with Gasteiger partial charge in [0.2, 0.25) is 0 Å². The summed E-state index contributed by atoms with van der Waals surface area (Å²) in [5.74, 6) is 1.78. The lowest BCUT2D eigenvalue weighted by Crippen LogP contribution is -2.26. The third-order valence-corrected chi connectivity index (χ3v) is 3.91. The second kappa shape index (κ2) is 6.95. The van der Waals surface area contributed by atoms with Crippen LogP contribution in [-0.4, -0.2) is 12.6 Å². The molecule has 1 fully saturated rings. The largest absolute Gasteiger partial charge is 0.491 e. The van der Waals surface area contributed by atoms with Crippen molar-refractivity contribution >= 4 is 0 Å². The molecule has 1 aliphatic rings. The van der Waals surface area contributed by atoms with E-state index in [1.165, 1.54) is 31.2 Å². The van der Waals surface area contributed by atoms with Crippen molar-refractivity contribution in [2.75, 3.05) is 6.54 Å². The van der Waals surface area contributed by atoms with Gasteiger partial charge in [-0.05, 0) is 56.8 Å². The molecule has 1 atom stereocenters. The first-order chi connectivity index (χ1) is 9.20. The molecule has 1 aliphatic carbocycles.